The quantitative estimate of drug-likeness (QED) is 0.754. The van der Waals surface area contributed by atoms with E-state index in [9.17, 15) is 4.79 Å². The number of carbonyl (C=O) groups excluding carboxylic acids is 1. The minimum Gasteiger partial charge on any atom is -0.451 e. The maximum Gasteiger partial charge on any atom is 0.287 e. The SMILES string of the molecule is Cc1cccc2cc(C(=O)N[C@@H](C)CCc3ccccc3)oc12. The number of benzene rings is 2. The number of amides is 1. The molecule has 118 valence electrons. The Morgan fingerprint density at radius 1 is 1.13 bits per heavy atom. The Morgan fingerprint density at radius 3 is 2.65 bits per heavy atom. The molecular weight excluding hydrogens is 286 g/mol. The van der Waals surface area contributed by atoms with Crippen LogP contribution in [0, 0.1) is 6.92 Å². The average Bonchev–Trinajstić information content (AvgIpc) is 3.00. The van der Waals surface area contributed by atoms with Gasteiger partial charge in [0, 0.05) is 11.4 Å². The standard InChI is InChI=1S/C20H21NO2/c1-14-7-6-10-17-13-18(23-19(14)17)20(22)21-15(2)11-12-16-8-4-3-5-9-16/h3-10,13,15H,11-12H2,1-2H3,(H,21,22)/t15-/m0/s1. The minimum absolute atomic E-state index is 0.0945. The van der Waals surface area contributed by atoms with Crippen molar-refractivity contribution in [2.24, 2.45) is 0 Å². The molecule has 1 heterocycles. The summed E-state index contributed by atoms with van der Waals surface area (Å²) >= 11 is 0. The summed E-state index contributed by atoms with van der Waals surface area (Å²) in [5.41, 5.74) is 3.11. The van der Waals surface area contributed by atoms with Gasteiger partial charge in [0.2, 0.25) is 0 Å². The van der Waals surface area contributed by atoms with Crippen LogP contribution in [-0.4, -0.2) is 11.9 Å². The van der Waals surface area contributed by atoms with Crippen LogP contribution in [0.25, 0.3) is 11.0 Å². The molecule has 3 rings (SSSR count). The van der Waals surface area contributed by atoms with Crippen LogP contribution >= 0.6 is 0 Å². The molecule has 0 spiro atoms. The van der Waals surface area contributed by atoms with Crippen molar-refractivity contribution >= 4 is 16.9 Å². The van der Waals surface area contributed by atoms with Crippen LogP contribution in [0.5, 0.6) is 0 Å². The lowest BCUT2D eigenvalue weighted by molar-refractivity contribution is 0.0912. The van der Waals surface area contributed by atoms with E-state index in [0.29, 0.717) is 5.76 Å². The predicted octanol–water partition coefficient (Wildman–Crippen LogP) is 4.49. The van der Waals surface area contributed by atoms with E-state index < -0.39 is 0 Å². The fourth-order valence-electron chi connectivity index (χ4n) is 2.72. The Morgan fingerprint density at radius 2 is 1.91 bits per heavy atom. The van der Waals surface area contributed by atoms with Gasteiger partial charge in [0.25, 0.3) is 5.91 Å². The van der Waals surface area contributed by atoms with Crippen LogP contribution in [0.15, 0.2) is 59.0 Å². The van der Waals surface area contributed by atoms with Gasteiger partial charge in [-0.1, -0.05) is 48.5 Å². The van der Waals surface area contributed by atoms with Crippen LogP contribution in [0.4, 0.5) is 0 Å². The van der Waals surface area contributed by atoms with E-state index in [4.69, 9.17) is 4.42 Å². The van der Waals surface area contributed by atoms with E-state index in [0.717, 1.165) is 29.4 Å². The number of para-hydroxylation sites is 1. The van der Waals surface area contributed by atoms with Crippen molar-refractivity contribution in [2.75, 3.05) is 0 Å². The molecule has 0 aliphatic heterocycles. The first-order valence-electron chi connectivity index (χ1n) is 7.97. The zero-order chi connectivity index (χ0) is 16.2. The lowest BCUT2D eigenvalue weighted by atomic mass is 10.1. The fourth-order valence-corrected chi connectivity index (χ4v) is 2.72. The van der Waals surface area contributed by atoms with Crippen molar-refractivity contribution in [3.8, 4) is 0 Å². The maximum absolute atomic E-state index is 12.3. The summed E-state index contributed by atoms with van der Waals surface area (Å²) in [4.78, 5) is 12.3. The van der Waals surface area contributed by atoms with Gasteiger partial charge in [-0.05, 0) is 43.9 Å². The smallest absolute Gasteiger partial charge is 0.287 e. The van der Waals surface area contributed by atoms with Gasteiger partial charge in [0.1, 0.15) is 5.58 Å². The number of fused-ring (bicyclic) bond motifs is 1. The van der Waals surface area contributed by atoms with Crippen molar-refractivity contribution < 1.29 is 9.21 Å². The van der Waals surface area contributed by atoms with E-state index in [1.165, 1.54) is 5.56 Å². The van der Waals surface area contributed by atoms with Crippen LogP contribution < -0.4 is 5.32 Å². The molecule has 0 aliphatic carbocycles. The summed E-state index contributed by atoms with van der Waals surface area (Å²) in [7, 11) is 0. The molecule has 3 nitrogen and oxygen atoms in total. The third-order valence-corrected chi connectivity index (χ3v) is 4.05. The van der Waals surface area contributed by atoms with E-state index in [2.05, 4.69) is 17.4 Å². The molecule has 1 aromatic heterocycles. The van der Waals surface area contributed by atoms with Crippen molar-refractivity contribution in [1.29, 1.82) is 0 Å². The molecule has 2 aromatic carbocycles. The van der Waals surface area contributed by atoms with Gasteiger partial charge in [-0.25, -0.2) is 0 Å². The van der Waals surface area contributed by atoms with Crippen LogP contribution in [0.1, 0.15) is 35.0 Å². The zero-order valence-corrected chi connectivity index (χ0v) is 13.5. The molecule has 0 radical (unpaired) electrons. The van der Waals surface area contributed by atoms with Gasteiger partial charge in [0.05, 0.1) is 0 Å². The molecule has 1 N–H and O–H groups in total. The third kappa shape index (κ3) is 3.62. The molecule has 3 aromatic rings. The zero-order valence-electron chi connectivity index (χ0n) is 13.5. The number of furan rings is 1. The fraction of sp³-hybridized carbons (Fsp3) is 0.250. The van der Waals surface area contributed by atoms with E-state index in [-0.39, 0.29) is 11.9 Å². The molecule has 23 heavy (non-hydrogen) atoms. The molecule has 1 amide bonds. The van der Waals surface area contributed by atoms with Gasteiger partial charge in [-0.15, -0.1) is 0 Å². The lowest BCUT2D eigenvalue weighted by Crippen LogP contribution is -2.32. The number of rotatable bonds is 5. The highest BCUT2D eigenvalue weighted by Crippen LogP contribution is 2.22. The number of hydrogen-bond donors (Lipinski definition) is 1. The Hall–Kier alpha value is -2.55. The second-order valence-corrected chi connectivity index (χ2v) is 6.00. The first kappa shape index (κ1) is 15.3. The van der Waals surface area contributed by atoms with Crippen LogP contribution in [0.3, 0.4) is 0 Å². The highest BCUT2D eigenvalue weighted by atomic mass is 16.3. The number of carbonyl (C=O) groups is 1. The molecule has 0 saturated carbocycles. The first-order chi connectivity index (χ1) is 11.1. The molecule has 1 atom stereocenters. The van der Waals surface area contributed by atoms with Gasteiger partial charge in [-0.2, -0.15) is 0 Å². The average molecular weight is 307 g/mol. The largest absolute Gasteiger partial charge is 0.451 e. The van der Waals surface area contributed by atoms with Crippen LogP contribution in [-0.2, 0) is 6.42 Å². The summed E-state index contributed by atoms with van der Waals surface area (Å²) < 4.78 is 5.71. The topological polar surface area (TPSA) is 42.2 Å². The molecule has 0 fully saturated rings. The Balaban J connectivity index is 1.62. The first-order valence-corrected chi connectivity index (χ1v) is 7.97. The van der Waals surface area contributed by atoms with Crippen molar-refractivity contribution in [2.45, 2.75) is 32.7 Å². The van der Waals surface area contributed by atoms with Gasteiger partial charge >= 0.3 is 0 Å². The molecule has 3 heteroatoms. The summed E-state index contributed by atoms with van der Waals surface area (Å²) in [5, 5.41) is 3.98. The summed E-state index contributed by atoms with van der Waals surface area (Å²) in [6.07, 6.45) is 1.84. The summed E-state index contributed by atoms with van der Waals surface area (Å²) in [5.74, 6) is 0.224. The Bertz CT molecular complexity index is 805. The molecule has 0 aliphatic rings. The maximum atomic E-state index is 12.3. The number of hydrogen-bond acceptors (Lipinski definition) is 2. The van der Waals surface area contributed by atoms with Gasteiger partial charge < -0.3 is 9.73 Å². The normalized spacial score (nSPS) is 12.3. The second-order valence-electron chi connectivity index (χ2n) is 6.00. The monoisotopic (exact) mass is 307 g/mol. The molecular formula is C20H21NO2. The van der Waals surface area contributed by atoms with Crippen molar-refractivity contribution in [3.05, 3.63) is 71.5 Å². The van der Waals surface area contributed by atoms with Crippen LogP contribution in [0.2, 0.25) is 0 Å². The Kier molecular flexibility index (Phi) is 4.47. The highest BCUT2D eigenvalue weighted by Gasteiger charge is 2.15. The van der Waals surface area contributed by atoms with E-state index in [1.807, 2.05) is 56.3 Å². The van der Waals surface area contributed by atoms with Gasteiger partial charge in [0.15, 0.2) is 5.76 Å². The minimum atomic E-state index is -0.152. The third-order valence-electron chi connectivity index (χ3n) is 4.05. The Labute approximate surface area is 136 Å². The predicted molar refractivity (Wildman–Crippen MR) is 92.6 cm³/mol. The van der Waals surface area contributed by atoms with E-state index >= 15 is 0 Å². The molecule has 0 unspecified atom stereocenters. The number of aryl methyl sites for hydroxylation is 2. The number of nitrogens with one attached hydrogen (secondary N) is 1. The van der Waals surface area contributed by atoms with Crippen molar-refractivity contribution in [3.63, 3.8) is 0 Å². The van der Waals surface area contributed by atoms with Crippen molar-refractivity contribution in [1.82, 2.24) is 5.32 Å². The summed E-state index contributed by atoms with van der Waals surface area (Å²) in [6.45, 7) is 4.00. The van der Waals surface area contributed by atoms with Gasteiger partial charge in [-0.3, -0.25) is 4.79 Å². The summed E-state index contributed by atoms with van der Waals surface area (Å²) in [6, 6.07) is 18.1. The highest BCUT2D eigenvalue weighted by molar-refractivity contribution is 5.96. The molecule has 0 bridgehead atoms. The van der Waals surface area contributed by atoms with E-state index in [1.54, 1.807) is 0 Å². The lowest BCUT2D eigenvalue weighted by Gasteiger charge is -2.12. The molecule has 0 saturated heterocycles. The second kappa shape index (κ2) is 6.69.